The van der Waals surface area contributed by atoms with Gasteiger partial charge in [-0.1, -0.05) is 48.5 Å². The van der Waals surface area contributed by atoms with Crippen LogP contribution in [0.4, 0.5) is 11.4 Å². The zero-order valence-corrected chi connectivity index (χ0v) is 34.8. The Kier molecular flexibility index (Phi) is 9.84. The molecular weight excluding hydrogens is 789 g/mol. The number of carbonyl (C=O) groups excluding carboxylic acids is 4. The van der Waals surface area contributed by atoms with E-state index in [2.05, 4.69) is 42.3 Å². The number of fused-ring (bicyclic) bond motifs is 1. The van der Waals surface area contributed by atoms with Crippen LogP contribution >= 0.6 is 0 Å². The van der Waals surface area contributed by atoms with Crippen LogP contribution in [0.15, 0.2) is 89.9 Å². The molecule has 1 unspecified atom stereocenters. The van der Waals surface area contributed by atoms with Crippen molar-refractivity contribution in [2.24, 2.45) is 12.5 Å². The second-order valence-corrected chi connectivity index (χ2v) is 17.7. The molecule has 4 amide bonds. The van der Waals surface area contributed by atoms with E-state index in [1.807, 2.05) is 64.4 Å². The maximum atomic E-state index is 14.6. The summed E-state index contributed by atoms with van der Waals surface area (Å²) in [6.07, 6.45) is 3.50. The molecule has 1 spiro atoms. The molecule has 320 valence electrons. The fourth-order valence-corrected chi connectivity index (χ4v) is 10.6. The number of imidazole rings is 1. The van der Waals surface area contributed by atoms with Crippen molar-refractivity contribution in [1.29, 1.82) is 0 Å². The normalized spacial score (nSPS) is 21.1. The van der Waals surface area contributed by atoms with Gasteiger partial charge in [0.2, 0.25) is 23.6 Å². The predicted octanol–water partition coefficient (Wildman–Crippen LogP) is 2.51. The lowest BCUT2D eigenvalue weighted by atomic mass is 9.67. The summed E-state index contributed by atoms with van der Waals surface area (Å²) in [5, 5.41) is 21.3. The number of carbonyl (C=O) groups is 4. The fraction of sp³-hybridized carbons (Fsp3) is 0.413. The molecule has 5 aliphatic heterocycles. The zero-order valence-electron chi connectivity index (χ0n) is 34.8. The van der Waals surface area contributed by atoms with Gasteiger partial charge in [-0.15, -0.1) is 0 Å². The second kappa shape index (κ2) is 15.4. The maximum absolute atomic E-state index is 14.6. The molecule has 10 rings (SSSR count). The van der Waals surface area contributed by atoms with E-state index < -0.39 is 17.4 Å². The summed E-state index contributed by atoms with van der Waals surface area (Å²) in [6, 6.07) is 24.2. The van der Waals surface area contributed by atoms with Crippen molar-refractivity contribution in [3.63, 3.8) is 0 Å². The number of amides is 4. The molecule has 16 heteroatoms. The van der Waals surface area contributed by atoms with Crippen LogP contribution in [0.1, 0.15) is 37.3 Å². The van der Waals surface area contributed by atoms with Crippen LogP contribution in [0.3, 0.4) is 0 Å². The van der Waals surface area contributed by atoms with E-state index in [1.165, 1.54) is 4.57 Å². The first kappa shape index (κ1) is 39.6. The molecule has 0 saturated carbocycles. The molecule has 16 nitrogen and oxygen atoms in total. The van der Waals surface area contributed by atoms with Gasteiger partial charge in [0.15, 0.2) is 0 Å². The molecule has 5 aliphatic rings. The van der Waals surface area contributed by atoms with Crippen molar-refractivity contribution in [3.8, 4) is 17.0 Å². The number of aryl methyl sites for hydroxylation is 1. The number of anilines is 2. The molecule has 0 radical (unpaired) electrons. The van der Waals surface area contributed by atoms with Crippen LogP contribution in [0.25, 0.3) is 22.3 Å². The van der Waals surface area contributed by atoms with Gasteiger partial charge < -0.3 is 24.7 Å². The summed E-state index contributed by atoms with van der Waals surface area (Å²) in [4.78, 5) is 76.7. The summed E-state index contributed by atoms with van der Waals surface area (Å²) in [7, 11) is 1.71. The van der Waals surface area contributed by atoms with E-state index in [0.717, 1.165) is 22.5 Å². The predicted molar refractivity (Wildman–Crippen MR) is 232 cm³/mol. The molecule has 7 heterocycles. The second-order valence-electron chi connectivity index (χ2n) is 17.7. The number of para-hydroxylation sites is 2. The number of nitrogens with one attached hydrogen (secondary N) is 1. The Labute approximate surface area is 358 Å². The highest BCUT2D eigenvalue weighted by Gasteiger charge is 2.57. The summed E-state index contributed by atoms with van der Waals surface area (Å²) in [5.74, 6) is -0.373. The van der Waals surface area contributed by atoms with E-state index in [1.54, 1.807) is 29.9 Å². The van der Waals surface area contributed by atoms with E-state index in [4.69, 9.17) is 0 Å². The number of phenolic OH excluding ortho intramolecular Hbond substituents is 1. The molecule has 0 aliphatic carbocycles. The van der Waals surface area contributed by atoms with Crippen LogP contribution in [-0.4, -0.2) is 135 Å². The van der Waals surface area contributed by atoms with E-state index in [0.29, 0.717) is 102 Å². The fourth-order valence-electron chi connectivity index (χ4n) is 10.6. The highest BCUT2D eigenvalue weighted by Crippen LogP contribution is 2.45. The largest absolute Gasteiger partial charge is 0.507 e. The third-order valence-corrected chi connectivity index (χ3v) is 14.0. The summed E-state index contributed by atoms with van der Waals surface area (Å²) < 4.78 is 3.09. The lowest BCUT2D eigenvalue weighted by molar-refractivity contribution is -0.173. The molecule has 2 aromatic heterocycles. The third kappa shape index (κ3) is 6.76. The number of rotatable bonds is 8. The molecule has 5 fully saturated rings. The maximum Gasteiger partial charge on any atom is 0.329 e. The Morgan fingerprint density at radius 1 is 0.823 bits per heavy atom. The van der Waals surface area contributed by atoms with Gasteiger partial charge in [0, 0.05) is 89.9 Å². The topological polar surface area (TPSA) is 169 Å². The number of piperidine rings is 2. The highest BCUT2D eigenvalue weighted by molar-refractivity contribution is 6.00. The molecule has 3 aromatic carbocycles. The van der Waals surface area contributed by atoms with Crippen molar-refractivity contribution < 1.29 is 24.3 Å². The first-order chi connectivity index (χ1) is 30.0. The van der Waals surface area contributed by atoms with Crippen LogP contribution < -0.4 is 20.8 Å². The van der Waals surface area contributed by atoms with Crippen LogP contribution in [0, 0.1) is 5.41 Å². The number of nitrogens with zero attached hydrogens (tertiary/aromatic N) is 9. The van der Waals surface area contributed by atoms with E-state index >= 15 is 0 Å². The summed E-state index contributed by atoms with van der Waals surface area (Å²) in [6.45, 7) is 6.94. The number of benzene rings is 3. The summed E-state index contributed by atoms with van der Waals surface area (Å²) >= 11 is 0. The van der Waals surface area contributed by atoms with Gasteiger partial charge in [0.25, 0.3) is 0 Å². The Morgan fingerprint density at radius 3 is 2.26 bits per heavy atom. The average Bonchev–Trinajstić information content (AvgIpc) is 3.52. The van der Waals surface area contributed by atoms with Gasteiger partial charge >= 0.3 is 5.69 Å². The minimum absolute atomic E-state index is 0.0659. The van der Waals surface area contributed by atoms with Gasteiger partial charge in [-0.25, -0.2) is 4.79 Å². The minimum Gasteiger partial charge on any atom is -0.507 e. The quantitative estimate of drug-likeness (QED) is 0.221. The zero-order chi connectivity index (χ0) is 42.8. The van der Waals surface area contributed by atoms with Gasteiger partial charge in [0.05, 0.1) is 46.3 Å². The average molecular weight is 839 g/mol. The number of aromatic hydroxyl groups is 1. The summed E-state index contributed by atoms with van der Waals surface area (Å²) in [5.41, 5.74) is 4.44. The van der Waals surface area contributed by atoms with Gasteiger partial charge in [-0.3, -0.25) is 38.5 Å². The Balaban J connectivity index is 0.739. The van der Waals surface area contributed by atoms with Gasteiger partial charge in [0.1, 0.15) is 11.8 Å². The van der Waals surface area contributed by atoms with Crippen LogP contribution in [-0.2, 0) is 31.6 Å². The Morgan fingerprint density at radius 2 is 1.53 bits per heavy atom. The first-order valence-electron chi connectivity index (χ1n) is 21.5. The molecule has 5 saturated heterocycles. The third-order valence-electron chi connectivity index (χ3n) is 14.0. The number of hydrogen-bond donors (Lipinski definition) is 2. The number of imide groups is 1. The van der Waals surface area contributed by atoms with Crippen LogP contribution in [0.2, 0.25) is 0 Å². The molecule has 5 aromatic rings. The molecule has 62 heavy (non-hydrogen) atoms. The lowest BCUT2D eigenvalue weighted by Gasteiger charge is -2.61. The minimum atomic E-state index is -0.745. The van der Waals surface area contributed by atoms with Gasteiger partial charge in [-0.05, 0) is 55.2 Å². The molecular formula is C46H50N10O6. The Hall–Kier alpha value is -6.55. The number of aromatic nitrogens is 4. The number of phenols is 1. The SMILES string of the molecule is Cn1c(=O)n(C2CCC(=O)NC2=O)c2cccc(N3CCN(CC(=O)N4CC5(C4)CN(C(=O)C4(c6ccccc6)CCN(c6cnnc(-c7ccccc7O)c6)CC4)C5)CC3)c21. The van der Waals surface area contributed by atoms with Crippen molar-refractivity contribution >= 4 is 46.0 Å². The Bertz CT molecular complexity index is 2630. The van der Waals surface area contributed by atoms with Gasteiger partial charge in [-0.2, -0.15) is 10.2 Å². The smallest absolute Gasteiger partial charge is 0.329 e. The molecule has 2 N–H and O–H groups in total. The lowest BCUT2D eigenvalue weighted by Crippen LogP contribution is -2.75. The van der Waals surface area contributed by atoms with Crippen molar-refractivity contribution in [2.45, 2.75) is 37.1 Å². The number of likely N-dealkylation sites (tertiary alicyclic amines) is 2. The van der Waals surface area contributed by atoms with Crippen LogP contribution in [0.5, 0.6) is 5.75 Å². The number of hydrogen-bond acceptors (Lipinski definition) is 11. The van der Waals surface area contributed by atoms with Crippen molar-refractivity contribution in [1.82, 2.24) is 39.3 Å². The van der Waals surface area contributed by atoms with E-state index in [9.17, 15) is 29.1 Å². The standard InChI is InChI=1S/C46H50N10O6/c1-50-41-35(11-7-12-36(41)56(44(50)62)37-14-15-39(58)48-42(37)60)53-22-20-51(21-23-53)26-40(59)54-27-45(28-54)29-55(30-45)43(61)46(31-8-3-2-4-9-31)16-18-52(19-17-46)32-24-34(49-47-25-32)33-10-5-6-13-38(33)57/h2-13,24-25,37,57H,14-23,26-30H2,1H3,(H,48,58,60). The molecule has 0 bridgehead atoms. The monoisotopic (exact) mass is 838 g/mol. The number of piperazine rings is 1. The highest BCUT2D eigenvalue weighted by atomic mass is 16.3. The first-order valence-corrected chi connectivity index (χ1v) is 21.5. The van der Waals surface area contributed by atoms with Crippen molar-refractivity contribution in [2.75, 3.05) is 81.8 Å². The molecule has 1 atom stereocenters. The van der Waals surface area contributed by atoms with E-state index in [-0.39, 0.29) is 47.4 Å². The van der Waals surface area contributed by atoms with Crippen molar-refractivity contribution in [3.05, 3.63) is 101 Å².